The molecule has 0 spiro atoms. The van der Waals surface area contributed by atoms with E-state index in [1.54, 1.807) is 0 Å². The van der Waals surface area contributed by atoms with Crippen LogP contribution in [0.4, 0.5) is 0 Å². The van der Waals surface area contributed by atoms with Gasteiger partial charge in [-0.05, 0) is 29.7 Å². The zero-order valence-corrected chi connectivity index (χ0v) is 10.3. The highest BCUT2D eigenvalue weighted by Gasteiger charge is 2.34. The van der Waals surface area contributed by atoms with Crippen molar-refractivity contribution in [3.63, 3.8) is 0 Å². The monoisotopic (exact) mass is 239 g/mol. The van der Waals surface area contributed by atoms with Gasteiger partial charge in [-0.15, -0.1) is 0 Å². The molecule has 0 saturated carbocycles. The largest absolute Gasteiger partial charge is 0.379 e. The molecule has 0 fully saturated rings. The van der Waals surface area contributed by atoms with Gasteiger partial charge in [0.15, 0.2) is 0 Å². The van der Waals surface area contributed by atoms with Gasteiger partial charge in [0.25, 0.3) is 0 Å². The average molecular weight is 239 g/mol. The van der Waals surface area contributed by atoms with E-state index in [2.05, 4.69) is 11.4 Å². The van der Waals surface area contributed by atoms with Crippen molar-refractivity contribution in [3.8, 4) is 0 Å². The number of nitrogens with one attached hydrogen (secondary N) is 1. The van der Waals surface area contributed by atoms with Gasteiger partial charge in [0.05, 0.1) is 0 Å². The van der Waals surface area contributed by atoms with Gasteiger partial charge in [-0.3, -0.25) is 0 Å². The normalized spacial score (nSPS) is 23.2. The summed E-state index contributed by atoms with van der Waals surface area (Å²) in [5, 5.41) is 14.4. The van der Waals surface area contributed by atoms with Crippen molar-refractivity contribution in [1.29, 1.82) is 0 Å². The second-order valence-electron chi connectivity index (χ2n) is 4.81. The quantitative estimate of drug-likeness (QED) is 0.798. The second-order valence-corrected chi connectivity index (χ2v) is 4.81. The van der Waals surface area contributed by atoms with Crippen LogP contribution in [0.5, 0.6) is 0 Å². The fourth-order valence-corrected chi connectivity index (χ4v) is 2.70. The topological polar surface area (TPSA) is 32.3 Å². The van der Waals surface area contributed by atoms with Gasteiger partial charge in [-0.2, -0.15) is 0 Å². The Morgan fingerprint density at radius 1 is 0.944 bits per heavy atom. The third kappa shape index (κ3) is 1.84. The Bertz CT molecular complexity index is 538. The van der Waals surface area contributed by atoms with Gasteiger partial charge in [-0.1, -0.05) is 54.6 Å². The molecule has 0 bridgehead atoms. The van der Waals surface area contributed by atoms with Crippen LogP contribution < -0.4 is 5.32 Å². The Morgan fingerprint density at radius 3 is 2.50 bits per heavy atom. The molecule has 1 atom stereocenters. The molecule has 3 rings (SSSR count). The highest BCUT2D eigenvalue weighted by molar-refractivity contribution is 5.42. The lowest BCUT2D eigenvalue weighted by molar-refractivity contribution is 0.0826. The molecule has 0 unspecified atom stereocenters. The summed E-state index contributed by atoms with van der Waals surface area (Å²) in [7, 11) is 0. The number of fused-ring (bicyclic) bond motifs is 1. The lowest BCUT2D eigenvalue weighted by Crippen LogP contribution is -2.38. The highest BCUT2D eigenvalue weighted by atomic mass is 16.3. The predicted molar refractivity (Wildman–Crippen MR) is 72.5 cm³/mol. The van der Waals surface area contributed by atoms with Gasteiger partial charge in [-0.25, -0.2) is 0 Å². The van der Waals surface area contributed by atoms with Crippen molar-refractivity contribution in [2.75, 3.05) is 13.1 Å². The molecule has 0 aromatic heterocycles. The van der Waals surface area contributed by atoms with Crippen molar-refractivity contribution >= 4 is 0 Å². The molecule has 2 heteroatoms. The fraction of sp³-hybridized carbons (Fsp3) is 0.250. The molecule has 2 N–H and O–H groups in total. The number of aliphatic hydroxyl groups is 1. The standard InChI is InChI=1S/C16H17NO/c18-16(14-7-2-1-3-8-14)12-17-11-10-13-6-4-5-9-15(13)16/h1-9,17-18H,10-12H2/t16-/m1/s1. The van der Waals surface area contributed by atoms with E-state index >= 15 is 0 Å². The summed E-state index contributed by atoms with van der Waals surface area (Å²) in [5.41, 5.74) is 2.29. The Morgan fingerprint density at radius 2 is 1.67 bits per heavy atom. The van der Waals surface area contributed by atoms with Crippen LogP contribution in [-0.2, 0) is 12.0 Å². The molecule has 0 aliphatic carbocycles. The van der Waals surface area contributed by atoms with Crippen molar-refractivity contribution in [2.45, 2.75) is 12.0 Å². The van der Waals surface area contributed by atoms with E-state index in [9.17, 15) is 5.11 Å². The molecule has 2 aromatic carbocycles. The summed E-state index contributed by atoms with van der Waals surface area (Å²) in [6.07, 6.45) is 0.964. The summed E-state index contributed by atoms with van der Waals surface area (Å²) >= 11 is 0. The van der Waals surface area contributed by atoms with E-state index < -0.39 is 5.60 Å². The molecular weight excluding hydrogens is 222 g/mol. The minimum Gasteiger partial charge on any atom is -0.379 e. The zero-order chi connectivity index (χ0) is 12.4. The third-order valence-electron chi connectivity index (χ3n) is 3.67. The van der Waals surface area contributed by atoms with Crippen LogP contribution in [0.3, 0.4) is 0 Å². The van der Waals surface area contributed by atoms with Gasteiger partial charge in [0.1, 0.15) is 5.60 Å². The van der Waals surface area contributed by atoms with E-state index in [0.717, 1.165) is 24.1 Å². The summed E-state index contributed by atoms with van der Waals surface area (Å²) < 4.78 is 0. The molecule has 18 heavy (non-hydrogen) atoms. The molecule has 0 amide bonds. The maximum atomic E-state index is 11.1. The number of rotatable bonds is 1. The van der Waals surface area contributed by atoms with E-state index in [0.29, 0.717) is 6.54 Å². The molecule has 2 aromatic rings. The molecule has 0 radical (unpaired) electrons. The minimum atomic E-state index is -0.922. The molecule has 1 aliphatic heterocycles. The maximum Gasteiger partial charge on any atom is 0.127 e. The van der Waals surface area contributed by atoms with Crippen LogP contribution in [-0.4, -0.2) is 18.2 Å². The molecule has 1 aliphatic rings. The average Bonchev–Trinajstić information content (AvgIpc) is 2.61. The summed E-state index contributed by atoms with van der Waals surface area (Å²) in [6.45, 7) is 1.47. The van der Waals surface area contributed by atoms with Crippen LogP contribution in [0.25, 0.3) is 0 Å². The molecule has 2 nitrogen and oxygen atoms in total. The van der Waals surface area contributed by atoms with E-state index in [4.69, 9.17) is 0 Å². The Balaban J connectivity index is 2.16. The number of hydrogen-bond donors (Lipinski definition) is 2. The first-order chi connectivity index (χ1) is 8.81. The SMILES string of the molecule is O[C@@]1(c2ccccc2)CNCCc2ccccc21. The lowest BCUT2D eigenvalue weighted by Gasteiger charge is -2.29. The minimum absolute atomic E-state index is 0.564. The van der Waals surface area contributed by atoms with Crippen LogP contribution in [0.15, 0.2) is 54.6 Å². The molecule has 0 saturated heterocycles. The Labute approximate surface area is 107 Å². The first kappa shape index (κ1) is 11.5. The van der Waals surface area contributed by atoms with E-state index in [1.165, 1.54) is 5.56 Å². The Kier molecular flexibility index (Phi) is 2.90. The lowest BCUT2D eigenvalue weighted by atomic mass is 9.84. The first-order valence-corrected chi connectivity index (χ1v) is 6.38. The number of benzene rings is 2. The van der Waals surface area contributed by atoms with Crippen molar-refractivity contribution in [2.24, 2.45) is 0 Å². The van der Waals surface area contributed by atoms with Gasteiger partial charge in [0, 0.05) is 6.54 Å². The van der Waals surface area contributed by atoms with E-state index in [1.807, 2.05) is 48.5 Å². The van der Waals surface area contributed by atoms with Gasteiger partial charge < -0.3 is 10.4 Å². The summed E-state index contributed by atoms with van der Waals surface area (Å²) in [6, 6.07) is 18.1. The third-order valence-corrected chi connectivity index (χ3v) is 3.67. The van der Waals surface area contributed by atoms with Crippen LogP contribution >= 0.6 is 0 Å². The maximum absolute atomic E-state index is 11.1. The smallest absolute Gasteiger partial charge is 0.127 e. The molecular formula is C16H17NO. The second kappa shape index (κ2) is 4.56. The fourth-order valence-electron chi connectivity index (χ4n) is 2.70. The van der Waals surface area contributed by atoms with Crippen LogP contribution in [0.2, 0.25) is 0 Å². The summed E-state index contributed by atoms with van der Waals surface area (Å²) in [4.78, 5) is 0. The zero-order valence-electron chi connectivity index (χ0n) is 10.3. The summed E-state index contributed by atoms with van der Waals surface area (Å²) in [5.74, 6) is 0. The number of hydrogen-bond acceptors (Lipinski definition) is 2. The van der Waals surface area contributed by atoms with E-state index in [-0.39, 0.29) is 0 Å². The van der Waals surface area contributed by atoms with Crippen molar-refractivity contribution in [1.82, 2.24) is 5.32 Å². The highest BCUT2D eigenvalue weighted by Crippen LogP contribution is 2.32. The van der Waals surface area contributed by atoms with Crippen molar-refractivity contribution < 1.29 is 5.11 Å². The van der Waals surface area contributed by atoms with Gasteiger partial charge in [0.2, 0.25) is 0 Å². The van der Waals surface area contributed by atoms with Crippen molar-refractivity contribution in [3.05, 3.63) is 71.3 Å². The molecule has 1 heterocycles. The number of β-amino-alcohol motifs (C(OH)–C–C–N with tert-alkyl or cyclic N) is 1. The Hall–Kier alpha value is -1.64. The molecule has 92 valence electrons. The predicted octanol–water partition coefficient (Wildman–Crippen LogP) is 2.07. The van der Waals surface area contributed by atoms with Crippen LogP contribution in [0, 0.1) is 0 Å². The first-order valence-electron chi connectivity index (χ1n) is 6.38. The van der Waals surface area contributed by atoms with Crippen LogP contribution in [0.1, 0.15) is 16.7 Å². The van der Waals surface area contributed by atoms with Gasteiger partial charge >= 0.3 is 0 Å².